The highest BCUT2D eigenvalue weighted by Gasteiger charge is 2.01. The molecule has 5 N–H and O–H groups in total. The third-order valence-electron chi connectivity index (χ3n) is 1.16. The molecule has 0 spiro atoms. The van der Waals surface area contributed by atoms with Gasteiger partial charge in [-0.15, -0.1) is 0 Å². The van der Waals surface area contributed by atoms with Gasteiger partial charge in [-0.2, -0.15) is 0 Å². The van der Waals surface area contributed by atoms with Gasteiger partial charge in [-0.3, -0.25) is 0 Å². The van der Waals surface area contributed by atoms with Crippen molar-refractivity contribution in [2.75, 3.05) is 23.8 Å². The first-order valence-corrected chi connectivity index (χ1v) is 2.79. The summed E-state index contributed by atoms with van der Waals surface area (Å²) in [5.74, 6) is 0.741. The maximum atomic E-state index is 5.44. The maximum absolute atomic E-state index is 5.44. The molecule has 1 rings (SSSR count). The van der Waals surface area contributed by atoms with Crippen molar-refractivity contribution in [2.45, 2.75) is 0 Å². The van der Waals surface area contributed by atoms with Crippen LogP contribution < -0.4 is 16.8 Å². The van der Waals surface area contributed by atoms with E-state index in [0.29, 0.717) is 17.3 Å². The molecule has 0 amide bonds. The Balaban J connectivity index is 3.17. The number of aromatic nitrogens is 2. The van der Waals surface area contributed by atoms with E-state index in [0.717, 1.165) is 0 Å². The normalized spacial score (nSPS) is 9.30. The zero-order valence-corrected chi connectivity index (χ0v) is 5.63. The highest BCUT2D eigenvalue weighted by Crippen LogP contribution is 2.18. The Bertz CT molecular complexity index is 213. The van der Waals surface area contributed by atoms with Crippen molar-refractivity contribution in [3.63, 3.8) is 0 Å². The lowest BCUT2D eigenvalue weighted by Gasteiger charge is -2.03. The highest BCUT2D eigenvalue weighted by molar-refractivity contribution is 5.72. The van der Waals surface area contributed by atoms with E-state index in [1.165, 1.54) is 6.33 Å². The van der Waals surface area contributed by atoms with Crippen molar-refractivity contribution in [3.05, 3.63) is 6.33 Å². The maximum Gasteiger partial charge on any atom is 0.152 e. The van der Waals surface area contributed by atoms with Gasteiger partial charge in [0.1, 0.15) is 12.0 Å². The highest BCUT2D eigenvalue weighted by atomic mass is 15.0. The minimum absolute atomic E-state index is 0.370. The first-order valence-electron chi connectivity index (χ1n) is 2.79. The molecule has 0 fully saturated rings. The standard InChI is InChI=1S/C5H9N5/c1-8-3-4(6)9-2-10-5(3)7/h2,8H,1H3,(H4,6,7,9,10). The van der Waals surface area contributed by atoms with Gasteiger partial charge >= 0.3 is 0 Å². The molecule has 0 aliphatic heterocycles. The molecule has 5 nitrogen and oxygen atoms in total. The molecule has 1 aromatic rings. The summed E-state index contributed by atoms with van der Waals surface area (Å²) in [4.78, 5) is 7.47. The van der Waals surface area contributed by atoms with Gasteiger partial charge in [0.05, 0.1) is 0 Å². The monoisotopic (exact) mass is 139 g/mol. The predicted molar refractivity (Wildman–Crippen MR) is 40.4 cm³/mol. The van der Waals surface area contributed by atoms with E-state index in [9.17, 15) is 0 Å². The Kier molecular flexibility index (Phi) is 1.57. The van der Waals surface area contributed by atoms with Crippen LogP contribution in [-0.4, -0.2) is 17.0 Å². The van der Waals surface area contributed by atoms with Gasteiger partial charge in [0, 0.05) is 7.05 Å². The number of rotatable bonds is 1. The molecule has 1 aromatic heterocycles. The lowest BCUT2D eigenvalue weighted by molar-refractivity contribution is 1.18. The first-order chi connectivity index (χ1) is 4.75. The van der Waals surface area contributed by atoms with Crippen LogP contribution in [0.15, 0.2) is 6.33 Å². The number of hydrogen-bond acceptors (Lipinski definition) is 5. The average molecular weight is 139 g/mol. The van der Waals surface area contributed by atoms with Crippen LogP contribution in [0, 0.1) is 0 Å². The van der Waals surface area contributed by atoms with Crippen LogP contribution in [-0.2, 0) is 0 Å². The molecule has 0 radical (unpaired) electrons. The van der Waals surface area contributed by atoms with Gasteiger partial charge in [-0.05, 0) is 0 Å². The Morgan fingerprint density at radius 3 is 2.10 bits per heavy atom. The van der Waals surface area contributed by atoms with Crippen LogP contribution in [0.3, 0.4) is 0 Å². The topological polar surface area (TPSA) is 89.8 Å². The third kappa shape index (κ3) is 0.928. The summed E-state index contributed by atoms with van der Waals surface area (Å²) >= 11 is 0. The summed E-state index contributed by atoms with van der Waals surface area (Å²) in [5.41, 5.74) is 11.5. The van der Waals surface area contributed by atoms with E-state index >= 15 is 0 Å². The van der Waals surface area contributed by atoms with Gasteiger partial charge in [-0.1, -0.05) is 0 Å². The molecular formula is C5H9N5. The van der Waals surface area contributed by atoms with E-state index < -0.39 is 0 Å². The molecule has 0 aliphatic rings. The van der Waals surface area contributed by atoms with Crippen molar-refractivity contribution in [1.82, 2.24) is 9.97 Å². The molecular weight excluding hydrogens is 130 g/mol. The fraction of sp³-hybridized carbons (Fsp3) is 0.200. The van der Waals surface area contributed by atoms with E-state index in [-0.39, 0.29) is 0 Å². The van der Waals surface area contributed by atoms with Crippen LogP contribution in [0.4, 0.5) is 17.3 Å². The molecule has 0 bridgehead atoms. The summed E-state index contributed by atoms with van der Waals surface area (Å²) in [5, 5.41) is 2.79. The second-order valence-corrected chi connectivity index (χ2v) is 1.77. The number of nitrogens with zero attached hydrogens (tertiary/aromatic N) is 2. The van der Waals surface area contributed by atoms with Crippen LogP contribution in [0.5, 0.6) is 0 Å². The molecule has 0 unspecified atom stereocenters. The smallest absolute Gasteiger partial charge is 0.152 e. The summed E-state index contributed by atoms with van der Waals surface area (Å²) in [6, 6.07) is 0. The minimum atomic E-state index is 0.370. The van der Waals surface area contributed by atoms with Crippen molar-refractivity contribution in [2.24, 2.45) is 0 Å². The van der Waals surface area contributed by atoms with E-state index in [4.69, 9.17) is 11.5 Å². The zero-order valence-electron chi connectivity index (χ0n) is 5.63. The van der Waals surface area contributed by atoms with Gasteiger partial charge in [0.2, 0.25) is 0 Å². The molecule has 5 heteroatoms. The van der Waals surface area contributed by atoms with Crippen LogP contribution in [0.25, 0.3) is 0 Å². The van der Waals surface area contributed by atoms with Crippen LogP contribution in [0.2, 0.25) is 0 Å². The summed E-state index contributed by atoms with van der Waals surface area (Å²) in [6.45, 7) is 0. The molecule has 0 atom stereocenters. The Labute approximate surface area is 58.5 Å². The van der Waals surface area contributed by atoms with Gasteiger partial charge < -0.3 is 16.8 Å². The minimum Gasteiger partial charge on any atom is -0.382 e. The molecule has 1 heterocycles. The summed E-state index contributed by atoms with van der Waals surface area (Å²) in [6.07, 6.45) is 1.32. The number of anilines is 3. The van der Waals surface area contributed by atoms with E-state index in [1.807, 2.05) is 0 Å². The SMILES string of the molecule is CNc1c(N)ncnc1N. The molecule has 0 aliphatic carbocycles. The number of nitrogens with two attached hydrogens (primary N) is 2. The fourth-order valence-corrected chi connectivity index (χ4v) is 0.670. The number of hydrogen-bond donors (Lipinski definition) is 3. The third-order valence-corrected chi connectivity index (χ3v) is 1.16. The number of nitrogens with one attached hydrogen (secondary N) is 1. The Hall–Kier alpha value is -1.52. The molecule has 0 saturated heterocycles. The second-order valence-electron chi connectivity index (χ2n) is 1.77. The van der Waals surface area contributed by atoms with Crippen LogP contribution in [0.1, 0.15) is 0 Å². The lowest BCUT2D eigenvalue weighted by Crippen LogP contribution is -2.04. The van der Waals surface area contributed by atoms with Crippen molar-refractivity contribution >= 4 is 17.3 Å². The lowest BCUT2D eigenvalue weighted by atomic mass is 10.4. The zero-order chi connectivity index (χ0) is 7.56. The molecule has 10 heavy (non-hydrogen) atoms. The first kappa shape index (κ1) is 6.60. The van der Waals surface area contributed by atoms with Gasteiger partial charge in [0.15, 0.2) is 11.6 Å². The van der Waals surface area contributed by atoms with Gasteiger partial charge in [0.25, 0.3) is 0 Å². The quantitative estimate of drug-likeness (QED) is 0.496. The van der Waals surface area contributed by atoms with Crippen molar-refractivity contribution in [1.29, 1.82) is 0 Å². The fourth-order valence-electron chi connectivity index (χ4n) is 0.670. The molecule has 0 saturated carbocycles. The Morgan fingerprint density at radius 2 is 1.80 bits per heavy atom. The van der Waals surface area contributed by atoms with Crippen LogP contribution >= 0.6 is 0 Å². The largest absolute Gasteiger partial charge is 0.382 e. The summed E-state index contributed by atoms with van der Waals surface area (Å²) in [7, 11) is 1.71. The van der Waals surface area contributed by atoms with Crippen molar-refractivity contribution < 1.29 is 0 Å². The Morgan fingerprint density at radius 1 is 1.30 bits per heavy atom. The molecule has 54 valence electrons. The van der Waals surface area contributed by atoms with E-state index in [2.05, 4.69) is 15.3 Å². The van der Waals surface area contributed by atoms with Crippen molar-refractivity contribution in [3.8, 4) is 0 Å². The summed E-state index contributed by atoms with van der Waals surface area (Å²) < 4.78 is 0. The second kappa shape index (κ2) is 2.38. The molecule has 0 aromatic carbocycles. The number of nitrogen functional groups attached to an aromatic ring is 2. The van der Waals surface area contributed by atoms with Gasteiger partial charge in [-0.25, -0.2) is 9.97 Å². The predicted octanol–water partition coefficient (Wildman–Crippen LogP) is -0.317. The average Bonchev–Trinajstić information content (AvgIpc) is 1.88. The van der Waals surface area contributed by atoms with E-state index in [1.54, 1.807) is 7.05 Å².